The summed E-state index contributed by atoms with van der Waals surface area (Å²) in [4.78, 5) is 2.49. The van der Waals surface area contributed by atoms with E-state index in [2.05, 4.69) is 24.0 Å². The Bertz CT molecular complexity index is 436. The zero-order valence-corrected chi connectivity index (χ0v) is 12.3. The SMILES string of the molecule is COc1ccc(C(N)C(C)N2CC3CCC(C2)O3)cc1. The molecule has 2 heterocycles. The zero-order valence-electron chi connectivity index (χ0n) is 12.3. The van der Waals surface area contributed by atoms with Crippen molar-refractivity contribution in [3.8, 4) is 5.75 Å². The third-order valence-electron chi connectivity index (χ3n) is 4.67. The highest BCUT2D eigenvalue weighted by Gasteiger charge is 2.36. The Labute approximate surface area is 120 Å². The molecule has 0 radical (unpaired) electrons. The highest BCUT2D eigenvalue weighted by Crippen LogP contribution is 2.30. The second-order valence-electron chi connectivity index (χ2n) is 5.95. The van der Waals surface area contributed by atoms with Gasteiger partial charge in [0.15, 0.2) is 0 Å². The molecule has 0 aliphatic carbocycles. The molecule has 4 atom stereocenters. The van der Waals surface area contributed by atoms with E-state index in [4.69, 9.17) is 15.2 Å². The van der Waals surface area contributed by atoms with Crippen LogP contribution in [-0.4, -0.2) is 43.3 Å². The number of hydrogen-bond acceptors (Lipinski definition) is 4. The van der Waals surface area contributed by atoms with Crippen LogP contribution in [0.5, 0.6) is 5.75 Å². The molecule has 4 heteroatoms. The molecule has 0 aromatic heterocycles. The van der Waals surface area contributed by atoms with Gasteiger partial charge in [-0.2, -0.15) is 0 Å². The molecule has 0 saturated carbocycles. The number of likely N-dealkylation sites (tertiary alicyclic amines) is 1. The van der Waals surface area contributed by atoms with Gasteiger partial charge in [-0.3, -0.25) is 4.90 Å². The minimum Gasteiger partial charge on any atom is -0.497 e. The molecule has 0 spiro atoms. The van der Waals surface area contributed by atoms with E-state index in [1.807, 2.05) is 12.1 Å². The summed E-state index contributed by atoms with van der Waals surface area (Å²) < 4.78 is 11.1. The molecule has 4 nitrogen and oxygen atoms in total. The van der Waals surface area contributed by atoms with Crippen molar-refractivity contribution in [2.45, 2.75) is 44.1 Å². The average molecular weight is 276 g/mol. The minimum atomic E-state index is 0.0263. The van der Waals surface area contributed by atoms with Crippen LogP contribution >= 0.6 is 0 Å². The summed E-state index contributed by atoms with van der Waals surface area (Å²) in [5.74, 6) is 0.873. The van der Waals surface area contributed by atoms with Gasteiger partial charge in [0.05, 0.1) is 19.3 Å². The van der Waals surface area contributed by atoms with Crippen molar-refractivity contribution in [1.29, 1.82) is 0 Å². The van der Waals surface area contributed by atoms with Gasteiger partial charge in [-0.05, 0) is 37.5 Å². The van der Waals surface area contributed by atoms with Crippen LogP contribution in [0.4, 0.5) is 0 Å². The quantitative estimate of drug-likeness (QED) is 0.913. The molecule has 1 aromatic rings. The van der Waals surface area contributed by atoms with Crippen molar-refractivity contribution < 1.29 is 9.47 Å². The van der Waals surface area contributed by atoms with E-state index in [0.717, 1.165) is 24.4 Å². The van der Waals surface area contributed by atoms with Gasteiger partial charge in [0.2, 0.25) is 0 Å². The topological polar surface area (TPSA) is 47.7 Å². The predicted molar refractivity (Wildman–Crippen MR) is 78.9 cm³/mol. The fourth-order valence-corrected chi connectivity index (χ4v) is 3.31. The summed E-state index contributed by atoms with van der Waals surface area (Å²) in [6.07, 6.45) is 3.23. The molecule has 4 unspecified atom stereocenters. The van der Waals surface area contributed by atoms with Crippen LogP contribution in [0.2, 0.25) is 0 Å². The maximum absolute atomic E-state index is 6.45. The van der Waals surface area contributed by atoms with Crippen molar-refractivity contribution in [2.75, 3.05) is 20.2 Å². The Morgan fingerprint density at radius 1 is 1.20 bits per heavy atom. The van der Waals surface area contributed by atoms with Gasteiger partial charge in [0.1, 0.15) is 5.75 Å². The van der Waals surface area contributed by atoms with Crippen molar-refractivity contribution in [1.82, 2.24) is 4.90 Å². The van der Waals surface area contributed by atoms with E-state index < -0.39 is 0 Å². The first kappa shape index (κ1) is 13.9. The van der Waals surface area contributed by atoms with Crippen LogP contribution in [0.25, 0.3) is 0 Å². The smallest absolute Gasteiger partial charge is 0.118 e. The fraction of sp³-hybridized carbons (Fsp3) is 0.625. The van der Waals surface area contributed by atoms with Gasteiger partial charge in [0, 0.05) is 25.2 Å². The van der Waals surface area contributed by atoms with Gasteiger partial charge < -0.3 is 15.2 Å². The first-order chi connectivity index (χ1) is 9.67. The molecule has 0 amide bonds. The number of morpholine rings is 1. The van der Waals surface area contributed by atoms with Crippen LogP contribution in [0.15, 0.2) is 24.3 Å². The number of benzene rings is 1. The molecule has 110 valence electrons. The van der Waals surface area contributed by atoms with E-state index in [9.17, 15) is 0 Å². The molecule has 2 aliphatic rings. The van der Waals surface area contributed by atoms with Gasteiger partial charge in [-0.15, -0.1) is 0 Å². The van der Waals surface area contributed by atoms with Crippen molar-refractivity contribution in [2.24, 2.45) is 5.73 Å². The van der Waals surface area contributed by atoms with E-state index in [1.54, 1.807) is 7.11 Å². The van der Waals surface area contributed by atoms with Crippen molar-refractivity contribution in [3.05, 3.63) is 29.8 Å². The summed E-state index contributed by atoms with van der Waals surface area (Å²) in [6, 6.07) is 8.44. The van der Waals surface area contributed by atoms with Gasteiger partial charge in [-0.25, -0.2) is 0 Å². The first-order valence-electron chi connectivity index (χ1n) is 7.46. The molecular formula is C16H24N2O2. The molecule has 1 aromatic carbocycles. The molecule has 2 bridgehead atoms. The van der Waals surface area contributed by atoms with E-state index in [0.29, 0.717) is 18.2 Å². The maximum atomic E-state index is 6.45. The number of nitrogens with zero attached hydrogens (tertiary/aromatic N) is 1. The maximum Gasteiger partial charge on any atom is 0.118 e. The van der Waals surface area contributed by atoms with Gasteiger partial charge in [0.25, 0.3) is 0 Å². The zero-order chi connectivity index (χ0) is 14.1. The Balaban J connectivity index is 1.67. The number of fused-ring (bicyclic) bond motifs is 2. The number of nitrogens with two attached hydrogens (primary N) is 1. The normalized spacial score (nSPS) is 29.1. The lowest BCUT2D eigenvalue weighted by molar-refractivity contribution is -0.0535. The number of methoxy groups -OCH3 is 1. The molecule has 2 saturated heterocycles. The molecule has 3 rings (SSSR count). The summed E-state index contributed by atoms with van der Waals surface area (Å²) in [5.41, 5.74) is 7.61. The minimum absolute atomic E-state index is 0.0263. The summed E-state index contributed by atoms with van der Waals surface area (Å²) in [7, 11) is 1.68. The lowest BCUT2D eigenvalue weighted by Crippen LogP contribution is -2.50. The predicted octanol–water partition coefficient (Wildman–Crippen LogP) is 1.95. The van der Waals surface area contributed by atoms with Gasteiger partial charge >= 0.3 is 0 Å². The Morgan fingerprint density at radius 3 is 2.35 bits per heavy atom. The van der Waals surface area contributed by atoms with E-state index >= 15 is 0 Å². The van der Waals surface area contributed by atoms with Crippen LogP contribution in [0.3, 0.4) is 0 Å². The number of rotatable bonds is 4. The van der Waals surface area contributed by atoms with Crippen LogP contribution in [0.1, 0.15) is 31.4 Å². The fourth-order valence-electron chi connectivity index (χ4n) is 3.31. The number of hydrogen-bond donors (Lipinski definition) is 1. The highest BCUT2D eigenvalue weighted by molar-refractivity contribution is 5.29. The molecular weight excluding hydrogens is 252 g/mol. The van der Waals surface area contributed by atoms with Crippen molar-refractivity contribution >= 4 is 0 Å². The van der Waals surface area contributed by atoms with E-state index in [-0.39, 0.29) is 6.04 Å². The molecule has 2 N–H and O–H groups in total. The van der Waals surface area contributed by atoms with Crippen LogP contribution in [0, 0.1) is 0 Å². The second-order valence-corrected chi connectivity index (χ2v) is 5.95. The lowest BCUT2D eigenvalue weighted by atomic mass is 9.99. The van der Waals surface area contributed by atoms with Crippen LogP contribution in [-0.2, 0) is 4.74 Å². The molecule has 2 aliphatic heterocycles. The summed E-state index contributed by atoms with van der Waals surface area (Å²) in [5, 5.41) is 0. The highest BCUT2D eigenvalue weighted by atomic mass is 16.5. The molecule has 20 heavy (non-hydrogen) atoms. The lowest BCUT2D eigenvalue weighted by Gasteiger charge is -2.38. The van der Waals surface area contributed by atoms with Crippen LogP contribution < -0.4 is 10.5 Å². The van der Waals surface area contributed by atoms with E-state index in [1.165, 1.54) is 12.8 Å². The average Bonchev–Trinajstić information content (AvgIpc) is 2.84. The standard InChI is InChI=1S/C16H24N2O2/c1-11(18-9-14-7-8-15(10-18)20-14)16(17)12-3-5-13(19-2)6-4-12/h3-6,11,14-16H,7-10,17H2,1-2H3. The Hall–Kier alpha value is -1.10. The van der Waals surface area contributed by atoms with Gasteiger partial charge in [-0.1, -0.05) is 12.1 Å². The molecule has 2 fully saturated rings. The Morgan fingerprint density at radius 2 is 1.80 bits per heavy atom. The summed E-state index contributed by atoms with van der Waals surface area (Å²) in [6.45, 7) is 4.25. The second kappa shape index (κ2) is 5.72. The monoisotopic (exact) mass is 276 g/mol. The first-order valence-corrected chi connectivity index (χ1v) is 7.46. The number of ether oxygens (including phenoxy) is 2. The third kappa shape index (κ3) is 2.68. The summed E-state index contributed by atoms with van der Waals surface area (Å²) >= 11 is 0. The third-order valence-corrected chi connectivity index (χ3v) is 4.67. The largest absolute Gasteiger partial charge is 0.497 e. The Kier molecular flexibility index (Phi) is 3.96. The van der Waals surface area contributed by atoms with Crippen molar-refractivity contribution in [3.63, 3.8) is 0 Å².